The van der Waals surface area contributed by atoms with E-state index in [4.69, 9.17) is 17.2 Å². The number of primary amides is 1. The van der Waals surface area contributed by atoms with Crippen molar-refractivity contribution in [3.05, 3.63) is 66.0 Å². The summed E-state index contributed by atoms with van der Waals surface area (Å²) in [6, 6.07) is 10.7. The fourth-order valence-corrected chi connectivity index (χ4v) is 4.19. The third-order valence-electron chi connectivity index (χ3n) is 4.63. The lowest BCUT2D eigenvalue weighted by atomic mass is 10.0. The average Bonchev–Trinajstić information content (AvgIpc) is 2.76. The summed E-state index contributed by atoms with van der Waals surface area (Å²) < 4.78 is 41.0. The summed E-state index contributed by atoms with van der Waals surface area (Å²) in [7, 11) is -4.17. The zero-order valence-electron chi connectivity index (χ0n) is 17.8. The van der Waals surface area contributed by atoms with Gasteiger partial charge in [0.2, 0.25) is 21.8 Å². The second-order valence-electron chi connectivity index (χ2n) is 7.23. The van der Waals surface area contributed by atoms with Gasteiger partial charge in [-0.1, -0.05) is 30.3 Å². The number of rotatable bonds is 12. The maximum Gasteiger partial charge on any atom is 0.241 e. The van der Waals surface area contributed by atoms with Gasteiger partial charge in [0.05, 0.1) is 4.90 Å². The number of hydrogen-bond acceptors (Lipinski definition) is 5. The molecule has 0 unspecified atom stereocenters. The first-order chi connectivity index (χ1) is 15.6. The molecule has 2 aromatic carbocycles. The number of sulfonamides is 1. The number of guanidine groups is 1. The van der Waals surface area contributed by atoms with Crippen molar-refractivity contribution in [2.75, 3.05) is 6.54 Å². The van der Waals surface area contributed by atoms with Gasteiger partial charge >= 0.3 is 0 Å². The molecule has 0 aliphatic carbocycles. The number of nitrogens with two attached hydrogens (primary N) is 3. The Kier molecular flexibility index (Phi) is 9.30. The van der Waals surface area contributed by atoms with E-state index in [1.807, 2.05) is 0 Å². The minimum absolute atomic E-state index is 0.0276. The van der Waals surface area contributed by atoms with Crippen molar-refractivity contribution in [1.29, 1.82) is 0 Å². The molecule has 8 N–H and O–H groups in total. The number of aliphatic imine (C=N–C) groups is 1. The van der Waals surface area contributed by atoms with Crippen LogP contribution in [-0.4, -0.2) is 44.8 Å². The number of carbonyl (C=O) groups is 2. The molecule has 12 heteroatoms. The van der Waals surface area contributed by atoms with Gasteiger partial charge in [-0.25, -0.2) is 12.8 Å². The summed E-state index contributed by atoms with van der Waals surface area (Å²) in [5, 5.41) is 2.51. The van der Waals surface area contributed by atoms with Crippen molar-refractivity contribution < 1.29 is 22.4 Å². The molecular weight excluding hydrogens is 451 g/mol. The highest BCUT2D eigenvalue weighted by Gasteiger charge is 2.28. The van der Waals surface area contributed by atoms with Crippen LogP contribution in [0.2, 0.25) is 0 Å². The Morgan fingerprint density at radius 2 is 1.61 bits per heavy atom. The molecule has 10 nitrogen and oxygen atoms in total. The fourth-order valence-electron chi connectivity index (χ4n) is 2.96. The van der Waals surface area contributed by atoms with E-state index in [0.29, 0.717) is 0 Å². The maximum atomic E-state index is 13.2. The molecule has 2 atom stereocenters. The van der Waals surface area contributed by atoms with Crippen molar-refractivity contribution in [2.24, 2.45) is 22.2 Å². The van der Waals surface area contributed by atoms with Crippen molar-refractivity contribution in [1.82, 2.24) is 10.0 Å². The van der Waals surface area contributed by atoms with Crippen LogP contribution in [0.4, 0.5) is 4.39 Å². The van der Waals surface area contributed by atoms with E-state index in [9.17, 15) is 22.4 Å². The van der Waals surface area contributed by atoms with Crippen LogP contribution in [0.1, 0.15) is 18.4 Å². The van der Waals surface area contributed by atoms with Gasteiger partial charge in [0, 0.05) is 13.0 Å². The van der Waals surface area contributed by atoms with Crippen LogP contribution in [0.5, 0.6) is 0 Å². The predicted molar refractivity (Wildman–Crippen MR) is 122 cm³/mol. The molecule has 0 aliphatic heterocycles. The minimum Gasteiger partial charge on any atom is -0.370 e. The van der Waals surface area contributed by atoms with E-state index in [1.54, 1.807) is 30.3 Å². The number of nitrogens with one attached hydrogen (secondary N) is 2. The lowest BCUT2D eigenvalue weighted by molar-refractivity contribution is -0.128. The summed E-state index contributed by atoms with van der Waals surface area (Å²) in [5.74, 6) is -2.26. The quantitative estimate of drug-likeness (QED) is 0.159. The van der Waals surface area contributed by atoms with E-state index < -0.39 is 39.7 Å². The second kappa shape index (κ2) is 11.9. The lowest BCUT2D eigenvalue weighted by Crippen LogP contribution is -2.53. The normalized spacial score (nSPS) is 13.0. The number of halogens is 1. The molecule has 0 aromatic heterocycles. The third-order valence-corrected chi connectivity index (χ3v) is 6.11. The Balaban J connectivity index is 2.19. The van der Waals surface area contributed by atoms with Gasteiger partial charge in [-0.3, -0.25) is 14.6 Å². The fraction of sp³-hybridized carbons (Fsp3) is 0.286. The van der Waals surface area contributed by atoms with Gasteiger partial charge in [0.15, 0.2) is 5.96 Å². The summed E-state index contributed by atoms with van der Waals surface area (Å²) in [6.07, 6.45) is 0.426. The summed E-state index contributed by atoms with van der Waals surface area (Å²) >= 11 is 0. The molecule has 0 radical (unpaired) electrons. The van der Waals surface area contributed by atoms with E-state index in [1.165, 1.54) is 0 Å². The van der Waals surface area contributed by atoms with Crippen molar-refractivity contribution in [2.45, 2.75) is 36.2 Å². The molecule has 0 saturated carbocycles. The van der Waals surface area contributed by atoms with Gasteiger partial charge in [0.1, 0.15) is 17.9 Å². The monoisotopic (exact) mass is 478 g/mol. The summed E-state index contributed by atoms with van der Waals surface area (Å²) in [5.41, 5.74) is 16.8. The molecule has 178 valence electrons. The Morgan fingerprint density at radius 3 is 2.18 bits per heavy atom. The number of carbonyl (C=O) groups excluding carboxylic acids is 2. The highest BCUT2D eigenvalue weighted by atomic mass is 32.2. The van der Waals surface area contributed by atoms with Gasteiger partial charge < -0.3 is 22.5 Å². The van der Waals surface area contributed by atoms with E-state index in [0.717, 1.165) is 29.8 Å². The lowest BCUT2D eigenvalue weighted by Gasteiger charge is -2.22. The molecular formula is C21H27FN6O4S. The molecule has 2 aromatic rings. The van der Waals surface area contributed by atoms with Crippen LogP contribution >= 0.6 is 0 Å². The molecule has 0 heterocycles. The van der Waals surface area contributed by atoms with Gasteiger partial charge in [-0.15, -0.1) is 0 Å². The zero-order valence-corrected chi connectivity index (χ0v) is 18.6. The van der Waals surface area contributed by atoms with Gasteiger partial charge in [-0.2, -0.15) is 4.72 Å². The van der Waals surface area contributed by atoms with Crippen molar-refractivity contribution in [3.63, 3.8) is 0 Å². The molecule has 33 heavy (non-hydrogen) atoms. The van der Waals surface area contributed by atoms with Crippen LogP contribution in [0.15, 0.2) is 64.5 Å². The van der Waals surface area contributed by atoms with Crippen molar-refractivity contribution in [3.8, 4) is 0 Å². The Labute approximate surface area is 191 Å². The highest BCUT2D eigenvalue weighted by Crippen LogP contribution is 2.12. The Bertz CT molecular complexity index is 1070. The molecule has 2 rings (SSSR count). The summed E-state index contributed by atoms with van der Waals surface area (Å²) in [6.45, 7) is 0.160. The van der Waals surface area contributed by atoms with E-state index in [2.05, 4.69) is 15.0 Å². The van der Waals surface area contributed by atoms with E-state index in [-0.39, 0.29) is 36.7 Å². The predicted octanol–water partition coefficient (Wildman–Crippen LogP) is -0.261. The van der Waals surface area contributed by atoms with Crippen LogP contribution in [0, 0.1) is 5.82 Å². The topological polar surface area (TPSA) is 183 Å². The van der Waals surface area contributed by atoms with E-state index >= 15 is 0 Å². The smallest absolute Gasteiger partial charge is 0.241 e. The van der Waals surface area contributed by atoms with Crippen LogP contribution in [0.3, 0.4) is 0 Å². The minimum atomic E-state index is -4.17. The first-order valence-electron chi connectivity index (χ1n) is 10.1. The molecule has 0 bridgehead atoms. The average molecular weight is 479 g/mol. The number of amides is 2. The first-order valence-corrected chi connectivity index (χ1v) is 11.5. The third kappa shape index (κ3) is 8.50. The van der Waals surface area contributed by atoms with Gasteiger partial charge in [-0.05, 0) is 42.7 Å². The standard InChI is InChI=1S/C21H27FN6O4S/c22-15-8-10-16(11-9-15)33(31,32)28-17(7-4-12-26-21(24)25)20(30)27-18(19(23)29)13-14-5-2-1-3-6-14/h1-3,5-6,8-11,17-18,28H,4,7,12-13H2,(H2,23,29)(H,27,30)(H4,24,25,26)/t17-,18+/m0/s1. The highest BCUT2D eigenvalue weighted by molar-refractivity contribution is 7.89. The number of nitrogens with zero attached hydrogens (tertiary/aromatic N) is 1. The van der Waals surface area contributed by atoms with Gasteiger partial charge in [0.25, 0.3) is 0 Å². The summed E-state index contributed by atoms with van der Waals surface area (Å²) in [4.78, 5) is 28.5. The molecule has 0 spiro atoms. The second-order valence-corrected chi connectivity index (χ2v) is 8.94. The number of benzene rings is 2. The first kappa shape index (κ1) is 25.7. The molecule has 0 fully saturated rings. The van der Waals surface area contributed by atoms with Crippen LogP contribution < -0.4 is 27.2 Å². The molecule has 2 amide bonds. The zero-order chi connectivity index (χ0) is 24.4. The largest absolute Gasteiger partial charge is 0.370 e. The Hall–Kier alpha value is -3.51. The van der Waals surface area contributed by atoms with Crippen molar-refractivity contribution >= 4 is 27.8 Å². The van der Waals surface area contributed by atoms with Crippen LogP contribution in [0.25, 0.3) is 0 Å². The molecule has 0 aliphatic rings. The van der Waals surface area contributed by atoms with Crippen LogP contribution in [-0.2, 0) is 26.0 Å². The number of hydrogen-bond donors (Lipinski definition) is 5. The SMILES string of the molecule is NC(=O)[C@@H](Cc1ccccc1)NC(=O)[C@H](CCCN=C(N)N)NS(=O)(=O)c1ccc(F)cc1. The molecule has 0 saturated heterocycles. The maximum absolute atomic E-state index is 13.2. The Morgan fingerprint density at radius 1 is 0.970 bits per heavy atom.